The van der Waals surface area contributed by atoms with Gasteiger partial charge in [0.05, 0.1) is 12.6 Å². The van der Waals surface area contributed by atoms with Gasteiger partial charge in [-0.2, -0.15) is 0 Å². The standard InChI is InChI=1S/C12H21N3O/c1-4-16-11-7-5-6-10(8-11)12(9-13)14-15(2)3/h5-8,12,14H,4,9,13H2,1-3H3. The predicted octanol–water partition coefficient (Wildman–Crippen LogP) is 1.15. The average Bonchev–Trinajstić information content (AvgIpc) is 2.26. The van der Waals surface area contributed by atoms with Crippen LogP contribution in [0, 0.1) is 0 Å². The monoisotopic (exact) mass is 223 g/mol. The molecule has 0 amide bonds. The second-order valence-corrected chi connectivity index (χ2v) is 3.82. The highest BCUT2D eigenvalue weighted by atomic mass is 16.5. The molecule has 4 heteroatoms. The summed E-state index contributed by atoms with van der Waals surface area (Å²) in [4.78, 5) is 0. The Hall–Kier alpha value is -1.10. The molecule has 0 aliphatic carbocycles. The molecular formula is C12H21N3O. The van der Waals surface area contributed by atoms with E-state index in [2.05, 4.69) is 11.5 Å². The number of nitrogens with two attached hydrogens (primary N) is 1. The smallest absolute Gasteiger partial charge is 0.119 e. The van der Waals surface area contributed by atoms with E-state index in [0.29, 0.717) is 13.2 Å². The lowest BCUT2D eigenvalue weighted by molar-refractivity contribution is 0.245. The summed E-state index contributed by atoms with van der Waals surface area (Å²) in [6.07, 6.45) is 0. The van der Waals surface area contributed by atoms with Crippen molar-refractivity contribution in [2.45, 2.75) is 13.0 Å². The molecule has 1 rings (SSSR count). The number of benzene rings is 1. The van der Waals surface area contributed by atoms with E-state index in [1.54, 1.807) is 0 Å². The zero-order chi connectivity index (χ0) is 12.0. The first kappa shape index (κ1) is 13.0. The number of hydrogen-bond acceptors (Lipinski definition) is 4. The Balaban J connectivity index is 2.79. The van der Waals surface area contributed by atoms with Gasteiger partial charge in [-0.3, -0.25) is 0 Å². The van der Waals surface area contributed by atoms with Crippen molar-refractivity contribution in [3.63, 3.8) is 0 Å². The number of nitrogens with zero attached hydrogens (tertiary/aromatic N) is 1. The van der Waals surface area contributed by atoms with E-state index in [1.807, 2.05) is 44.2 Å². The van der Waals surface area contributed by atoms with Crippen LogP contribution in [0.25, 0.3) is 0 Å². The number of ether oxygens (including phenoxy) is 1. The van der Waals surface area contributed by atoms with Gasteiger partial charge in [0.15, 0.2) is 0 Å². The molecular weight excluding hydrogens is 202 g/mol. The largest absolute Gasteiger partial charge is 0.494 e. The highest BCUT2D eigenvalue weighted by Gasteiger charge is 2.10. The van der Waals surface area contributed by atoms with Gasteiger partial charge in [-0.15, -0.1) is 0 Å². The van der Waals surface area contributed by atoms with Crippen molar-refractivity contribution in [3.8, 4) is 5.75 Å². The quantitative estimate of drug-likeness (QED) is 0.710. The normalized spacial score (nSPS) is 12.8. The van der Waals surface area contributed by atoms with Crippen LogP contribution in [0.15, 0.2) is 24.3 Å². The molecule has 1 aromatic rings. The Morgan fingerprint density at radius 3 is 2.75 bits per heavy atom. The van der Waals surface area contributed by atoms with E-state index in [1.165, 1.54) is 0 Å². The van der Waals surface area contributed by atoms with Crippen LogP contribution in [-0.4, -0.2) is 32.3 Å². The van der Waals surface area contributed by atoms with E-state index in [9.17, 15) is 0 Å². The summed E-state index contributed by atoms with van der Waals surface area (Å²) in [5.74, 6) is 0.888. The van der Waals surface area contributed by atoms with Crippen LogP contribution >= 0.6 is 0 Å². The molecule has 0 spiro atoms. The third-order valence-corrected chi connectivity index (χ3v) is 2.22. The van der Waals surface area contributed by atoms with Crippen LogP contribution in [0.3, 0.4) is 0 Å². The van der Waals surface area contributed by atoms with Gasteiger partial charge in [0, 0.05) is 20.6 Å². The molecule has 1 unspecified atom stereocenters. The van der Waals surface area contributed by atoms with Crippen molar-refractivity contribution in [2.75, 3.05) is 27.2 Å². The zero-order valence-corrected chi connectivity index (χ0v) is 10.2. The molecule has 16 heavy (non-hydrogen) atoms. The number of hydrogen-bond donors (Lipinski definition) is 2. The Morgan fingerprint density at radius 2 is 2.19 bits per heavy atom. The van der Waals surface area contributed by atoms with Gasteiger partial charge in [-0.1, -0.05) is 12.1 Å². The van der Waals surface area contributed by atoms with Crippen molar-refractivity contribution < 1.29 is 4.74 Å². The first-order valence-electron chi connectivity index (χ1n) is 5.53. The SMILES string of the molecule is CCOc1cccc(C(CN)NN(C)C)c1. The molecule has 0 fully saturated rings. The molecule has 90 valence electrons. The second kappa shape index (κ2) is 6.48. The van der Waals surface area contributed by atoms with E-state index in [0.717, 1.165) is 11.3 Å². The van der Waals surface area contributed by atoms with Crippen LogP contribution in [0.1, 0.15) is 18.5 Å². The fourth-order valence-electron chi connectivity index (χ4n) is 1.56. The van der Waals surface area contributed by atoms with Crippen LogP contribution in [0.5, 0.6) is 5.75 Å². The number of hydrazine groups is 1. The summed E-state index contributed by atoms with van der Waals surface area (Å²) in [5.41, 5.74) is 10.2. The molecule has 0 bridgehead atoms. The van der Waals surface area contributed by atoms with Gasteiger partial charge in [-0.05, 0) is 24.6 Å². The Morgan fingerprint density at radius 1 is 1.44 bits per heavy atom. The van der Waals surface area contributed by atoms with Crippen LogP contribution in [-0.2, 0) is 0 Å². The first-order valence-corrected chi connectivity index (χ1v) is 5.53. The lowest BCUT2D eigenvalue weighted by Crippen LogP contribution is -2.37. The lowest BCUT2D eigenvalue weighted by Gasteiger charge is -2.22. The Labute approximate surface area is 97.4 Å². The summed E-state index contributed by atoms with van der Waals surface area (Å²) in [7, 11) is 3.91. The number of rotatable bonds is 6. The summed E-state index contributed by atoms with van der Waals surface area (Å²) in [6, 6.07) is 8.14. The summed E-state index contributed by atoms with van der Waals surface area (Å²) in [6.45, 7) is 3.21. The molecule has 0 saturated heterocycles. The fraction of sp³-hybridized carbons (Fsp3) is 0.500. The summed E-state index contributed by atoms with van der Waals surface area (Å²) in [5, 5.41) is 1.91. The molecule has 0 saturated carbocycles. The minimum atomic E-state index is 0.121. The van der Waals surface area contributed by atoms with E-state index in [4.69, 9.17) is 10.5 Å². The fourth-order valence-corrected chi connectivity index (χ4v) is 1.56. The summed E-state index contributed by atoms with van der Waals surface area (Å²) < 4.78 is 5.46. The molecule has 0 radical (unpaired) electrons. The van der Waals surface area contributed by atoms with Gasteiger partial charge in [0.1, 0.15) is 5.75 Å². The Kier molecular flexibility index (Phi) is 5.25. The first-order chi connectivity index (χ1) is 7.67. The molecule has 0 aromatic heterocycles. The van der Waals surface area contributed by atoms with Crippen molar-refractivity contribution >= 4 is 0 Å². The number of nitrogens with one attached hydrogen (secondary N) is 1. The lowest BCUT2D eigenvalue weighted by atomic mass is 10.1. The minimum Gasteiger partial charge on any atom is -0.494 e. The van der Waals surface area contributed by atoms with Crippen LogP contribution in [0.2, 0.25) is 0 Å². The second-order valence-electron chi connectivity index (χ2n) is 3.82. The maximum absolute atomic E-state index is 5.75. The minimum absolute atomic E-state index is 0.121. The van der Waals surface area contributed by atoms with Gasteiger partial charge < -0.3 is 10.5 Å². The Bertz CT molecular complexity index is 315. The van der Waals surface area contributed by atoms with Crippen LogP contribution < -0.4 is 15.9 Å². The highest BCUT2D eigenvalue weighted by Crippen LogP contribution is 2.18. The van der Waals surface area contributed by atoms with E-state index < -0.39 is 0 Å². The third kappa shape index (κ3) is 3.81. The highest BCUT2D eigenvalue weighted by molar-refractivity contribution is 5.30. The molecule has 0 aliphatic rings. The molecule has 0 heterocycles. The topological polar surface area (TPSA) is 50.5 Å². The predicted molar refractivity (Wildman–Crippen MR) is 66.2 cm³/mol. The van der Waals surface area contributed by atoms with Crippen molar-refractivity contribution in [3.05, 3.63) is 29.8 Å². The molecule has 1 atom stereocenters. The molecule has 3 N–H and O–H groups in total. The van der Waals surface area contributed by atoms with Gasteiger partial charge in [-0.25, -0.2) is 10.4 Å². The van der Waals surface area contributed by atoms with E-state index in [-0.39, 0.29) is 6.04 Å². The third-order valence-electron chi connectivity index (χ3n) is 2.22. The van der Waals surface area contributed by atoms with Gasteiger partial charge in [0.2, 0.25) is 0 Å². The zero-order valence-electron chi connectivity index (χ0n) is 10.2. The molecule has 1 aromatic carbocycles. The molecule has 0 aliphatic heterocycles. The average molecular weight is 223 g/mol. The maximum Gasteiger partial charge on any atom is 0.119 e. The van der Waals surface area contributed by atoms with Crippen molar-refractivity contribution in [1.82, 2.24) is 10.4 Å². The molecule has 4 nitrogen and oxygen atoms in total. The maximum atomic E-state index is 5.75. The van der Waals surface area contributed by atoms with Crippen molar-refractivity contribution in [1.29, 1.82) is 0 Å². The van der Waals surface area contributed by atoms with Crippen LogP contribution in [0.4, 0.5) is 0 Å². The summed E-state index contributed by atoms with van der Waals surface area (Å²) >= 11 is 0. The van der Waals surface area contributed by atoms with Crippen molar-refractivity contribution in [2.24, 2.45) is 5.73 Å². The van der Waals surface area contributed by atoms with E-state index >= 15 is 0 Å². The van der Waals surface area contributed by atoms with Gasteiger partial charge >= 0.3 is 0 Å². The van der Waals surface area contributed by atoms with Gasteiger partial charge in [0.25, 0.3) is 0 Å².